The van der Waals surface area contributed by atoms with Crippen LogP contribution in [0, 0.1) is 20.8 Å². The van der Waals surface area contributed by atoms with Gasteiger partial charge in [-0.05, 0) is 70.4 Å². The maximum atomic E-state index is 13.8. The molecule has 0 unspecified atom stereocenters. The van der Waals surface area contributed by atoms with Crippen molar-refractivity contribution in [1.29, 1.82) is 0 Å². The number of anilines is 1. The summed E-state index contributed by atoms with van der Waals surface area (Å²) in [7, 11) is -4.16. The van der Waals surface area contributed by atoms with Crippen molar-refractivity contribution < 1.29 is 22.7 Å². The van der Waals surface area contributed by atoms with E-state index >= 15 is 0 Å². The first kappa shape index (κ1) is 25.7. The van der Waals surface area contributed by atoms with Gasteiger partial charge >= 0.3 is 5.97 Å². The van der Waals surface area contributed by atoms with E-state index in [1.54, 1.807) is 45.0 Å². The molecule has 2 aromatic carbocycles. The Morgan fingerprint density at radius 1 is 1.17 bits per heavy atom. The molecule has 0 aliphatic carbocycles. The van der Waals surface area contributed by atoms with E-state index in [4.69, 9.17) is 9.47 Å². The van der Waals surface area contributed by atoms with Gasteiger partial charge in [0.05, 0.1) is 28.8 Å². The largest absolute Gasteiger partial charge is 0.487 e. The van der Waals surface area contributed by atoms with Crippen molar-refractivity contribution in [1.82, 2.24) is 9.55 Å². The molecule has 0 radical (unpaired) electrons. The molecule has 192 valence electrons. The number of benzene rings is 2. The third kappa shape index (κ3) is 4.57. The number of fused-ring (bicyclic) bond motifs is 2. The van der Waals surface area contributed by atoms with E-state index in [1.807, 2.05) is 20.8 Å². The lowest BCUT2D eigenvalue weighted by atomic mass is 9.94. The van der Waals surface area contributed by atoms with Gasteiger partial charge in [-0.2, -0.15) is 0 Å². The highest BCUT2D eigenvalue weighted by molar-refractivity contribution is 7.92. The summed E-state index contributed by atoms with van der Waals surface area (Å²) in [6.45, 7) is 11.1. The van der Waals surface area contributed by atoms with Crippen molar-refractivity contribution in [2.24, 2.45) is 0 Å². The number of sulfonamides is 1. The highest BCUT2D eigenvalue weighted by Crippen LogP contribution is 2.44. The normalized spacial score (nSPS) is 14.4. The molecular formula is C26H31N3O6S. The van der Waals surface area contributed by atoms with E-state index in [0.717, 1.165) is 16.9 Å². The average molecular weight is 514 g/mol. The molecule has 0 fully saturated rings. The molecule has 2 heterocycles. The molecule has 0 saturated carbocycles. The fraction of sp³-hybridized carbons (Fsp3) is 0.423. The summed E-state index contributed by atoms with van der Waals surface area (Å²) >= 11 is 0. The van der Waals surface area contributed by atoms with Crippen LogP contribution in [0.25, 0.3) is 10.9 Å². The number of ether oxygens (including phenoxy) is 2. The summed E-state index contributed by atoms with van der Waals surface area (Å²) in [6, 6.07) is 6.67. The SMILES string of the molecule is CCOC(=O)CCn1c(NS(=O)(=O)c2c(C)c(C)c3c(c2C)CC(C)(C)O3)nc2ccccc2c1=O. The lowest BCUT2D eigenvalue weighted by Crippen LogP contribution is -2.29. The second-order valence-electron chi connectivity index (χ2n) is 9.62. The zero-order valence-corrected chi connectivity index (χ0v) is 22.2. The molecule has 0 spiro atoms. The highest BCUT2D eigenvalue weighted by Gasteiger charge is 2.37. The Balaban J connectivity index is 1.83. The number of aromatic nitrogens is 2. The van der Waals surface area contributed by atoms with Gasteiger partial charge in [0.2, 0.25) is 5.95 Å². The first-order chi connectivity index (χ1) is 16.9. The maximum absolute atomic E-state index is 13.8. The van der Waals surface area contributed by atoms with Crippen LogP contribution >= 0.6 is 0 Å². The van der Waals surface area contributed by atoms with Gasteiger partial charge < -0.3 is 9.47 Å². The lowest BCUT2D eigenvalue weighted by Gasteiger charge is -2.20. The summed E-state index contributed by atoms with van der Waals surface area (Å²) in [5.41, 5.74) is 2.25. The van der Waals surface area contributed by atoms with Crippen molar-refractivity contribution in [2.45, 2.75) is 71.4 Å². The average Bonchev–Trinajstić information content (AvgIpc) is 3.13. The number of nitrogens with one attached hydrogen (secondary N) is 1. The van der Waals surface area contributed by atoms with Crippen molar-refractivity contribution in [3.05, 3.63) is 56.9 Å². The second-order valence-corrected chi connectivity index (χ2v) is 11.2. The molecule has 0 atom stereocenters. The molecular weight excluding hydrogens is 482 g/mol. The topological polar surface area (TPSA) is 117 Å². The van der Waals surface area contributed by atoms with Crippen molar-refractivity contribution in [2.75, 3.05) is 11.3 Å². The van der Waals surface area contributed by atoms with Crippen LogP contribution in [0.4, 0.5) is 5.95 Å². The van der Waals surface area contributed by atoms with Crippen LogP contribution in [0.5, 0.6) is 5.75 Å². The smallest absolute Gasteiger partial charge is 0.307 e. The lowest BCUT2D eigenvalue weighted by molar-refractivity contribution is -0.143. The van der Waals surface area contributed by atoms with Crippen LogP contribution < -0.4 is 15.0 Å². The van der Waals surface area contributed by atoms with Gasteiger partial charge in [-0.15, -0.1) is 0 Å². The zero-order chi connectivity index (χ0) is 26.4. The summed E-state index contributed by atoms with van der Waals surface area (Å²) in [4.78, 5) is 29.8. The van der Waals surface area contributed by atoms with Crippen LogP contribution in [0.15, 0.2) is 34.0 Å². The number of carbonyl (C=O) groups is 1. The van der Waals surface area contributed by atoms with E-state index in [0.29, 0.717) is 28.5 Å². The highest BCUT2D eigenvalue weighted by atomic mass is 32.2. The number of hydrogen-bond acceptors (Lipinski definition) is 7. The maximum Gasteiger partial charge on any atom is 0.307 e. The van der Waals surface area contributed by atoms with E-state index in [2.05, 4.69) is 9.71 Å². The third-order valence-electron chi connectivity index (χ3n) is 6.49. The minimum Gasteiger partial charge on any atom is -0.487 e. The molecule has 1 aliphatic rings. The van der Waals surface area contributed by atoms with Crippen molar-refractivity contribution in [3.8, 4) is 5.75 Å². The van der Waals surface area contributed by atoms with E-state index < -0.39 is 27.2 Å². The minimum atomic E-state index is -4.16. The predicted octanol–water partition coefficient (Wildman–Crippen LogP) is 3.79. The molecule has 10 heteroatoms. The molecule has 36 heavy (non-hydrogen) atoms. The van der Waals surface area contributed by atoms with Gasteiger partial charge in [-0.1, -0.05) is 12.1 Å². The van der Waals surface area contributed by atoms with Crippen LogP contribution in [0.1, 0.15) is 49.4 Å². The van der Waals surface area contributed by atoms with Gasteiger partial charge in [0.15, 0.2) is 0 Å². The number of hydrogen-bond donors (Lipinski definition) is 1. The Labute approximate surface area is 210 Å². The monoisotopic (exact) mass is 513 g/mol. The van der Waals surface area contributed by atoms with Gasteiger partial charge in [-0.3, -0.25) is 14.2 Å². The fourth-order valence-corrected chi connectivity index (χ4v) is 6.29. The van der Waals surface area contributed by atoms with E-state index in [9.17, 15) is 18.0 Å². The standard InChI is InChI=1S/C26H31N3O6S/c1-7-34-21(30)12-13-29-24(31)18-10-8-9-11-20(18)27-25(29)28-36(32,33)23-16(3)15(2)22-19(17(23)4)14-26(5,6)35-22/h8-11H,7,12-14H2,1-6H3,(H,27,28). The summed E-state index contributed by atoms with van der Waals surface area (Å²) in [6.07, 6.45) is 0.473. The molecule has 0 saturated heterocycles. The number of rotatable bonds is 7. The Morgan fingerprint density at radius 2 is 1.86 bits per heavy atom. The Morgan fingerprint density at radius 3 is 2.56 bits per heavy atom. The van der Waals surface area contributed by atoms with Gasteiger partial charge in [0, 0.05) is 18.5 Å². The number of carbonyl (C=O) groups excluding carboxylic acids is 1. The van der Waals surface area contributed by atoms with Crippen LogP contribution in [0.2, 0.25) is 0 Å². The molecule has 0 amide bonds. The molecule has 3 aromatic rings. The van der Waals surface area contributed by atoms with Crippen LogP contribution in [-0.4, -0.2) is 36.1 Å². The predicted molar refractivity (Wildman–Crippen MR) is 137 cm³/mol. The molecule has 1 aliphatic heterocycles. The fourth-order valence-electron chi connectivity index (χ4n) is 4.71. The number of nitrogens with zero attached hydrogens (tertiary/aromatic N) is 2. The van der Waals surface area contributed by atoms with Crippen LogP contribution in [0.3, 0.4) is 0 Å². The van der Waals surface area contributed by atoms with Crippen molar-refractivity contribution in [3.63, 3.8) is 0 Å². The Bertz CT molecular complexity index is 1540. The van der Waals surface area contributed by atoms with Crippen LogP contribution in [-0.2, 0) is 32.5 Å². The Hall–Kier alpha value is -3.40. The second kappa shape index (κ2) is 9.24. The number of para-hydroxylation sites is 1. The van der Waals surface area contributed by atoms with E-state index in [1.165, 1.54) is 4.57 Å². The molecule has 1 N–H and O–H groups in total. The number of esters is 1. The first-order valence-corrected chi connectivity index (χ1v) is 13.3. The first-order valence-electron chi connectivity index (χ1n) is 11.9. The zero-order valence-electron chi connectivity index (χ0n) is 21.4. The van der Waals surface area contributed by atoms with E-state index in [-0.39, 0.29) is 30.4 Å². The molecule has 4 rings (SSSR count). The summed E-state index contributed by atoms with van der Waals surface area (Å²) < 4.78 is 42.4. The Kier molecular flexibility index (Phi) is 6.59. The quantitative estimate of drug-likeness (QED) is 0.478. The van der Waals surface area contributed by atoms with Crippen molar-refractivity contribution >= 4 is 32.8 Å². The molecule has 1 aromatic heterocycles. The third-order valence-corrected chi connectivity index (χ3v) is 8.09. The summed E-state index contributed by atoms with van der Waals surface area (Å²) in [5, 5.41) is 0.324. The van der Waals surface area contributed by atoms with Gasteiger partial charge in [0.1, 0.15) is 11.4 Å². The molecule has 0 bridgehead atoms. The molecule has 9 nitrogen and oxygen atoms in total. The van der Waals surface area contributed by atoms with Gasteiger partial charge in [-0.25, -0.2) is 18.1 Å². The summed E-state index contributed by atoms with van der Waals surface area (Å²) in [5.74, 6) is 0.0792. The minimum absolute atomic E-state index is 0.0867. The van der Waals surface area contributed by atoms with Gasteiger partial charge in [0.25, 0.3) is 15.6 Å².